The van der Waals surface area contributed by atoms with Crippen LogP contribution in [0.15, 0.2) is 53.6 Å². The van der Waals surface area contributed by atoms with Crippen LogP contribution in [-0.4, -0.2) is 60.1 Å². The summed E-state index contributed by atoms with van der Waals surface area (Å²) in [6.45, 7) is 1.15. The zero-order valence-electron chi connectivity index (χ0n) is 19.2. The molecular formula is C25H27N7O2. The van der Waals surface area contributed by atoms with E-state index in [0.29, 0.717) is 28.7 Å². The average Bonchev–Trinajstić information content (AvgIpc) is 3.45. The van der Waals surface area contributed by atoms with Crippen LogP contribution >= 0.6 is 0 Å². The largest absolute Gasteiger partial charge is 0.383 e. The molecule has 0 radical (unpaired) electrons. The zero-order valence-corrected chi connectivity index (χ0v) is 19.2. The van der Waals surface area contributed by atoms with Crippen LogP contribution in [0.5, 0.6) is 0 Å². The van der Waals surface area contributed by atoms with Gasteiger partial charge in [-0.2, -0.15) is 9.78 Å². The summed E-state index contributed by atoms with van der Waals surface area (Å²) in [6.07, 6.45) is 3.65. The first-order valence-electron chi connectivity index (χ1n) is 11.3. The quantitative estimate of drug-likeness (QED) is 0.431. The Morgan fingerprint density at radius 1 is 1.21 bits per heavy atom. The molecule has 0 aliphatic carbocycles. The van der Waals surface area contributed by atoms with Crippen LogP contribution in [0.2, 0.25) is 0 Å². The third kappa shape index (κ3) is 4.17. The number of nitrogens with two attached hydrogens (primary N) is 1. The molecule has 1 atom stereocenters. The molecule has 1 unspecified atom stereocenters. The fourth-order valence-corrected chi connectivity index (χ4v) is 4.07. The SMILES string of the molecule is CN(C)c1ccc(/C=N/n2c(N)c(C(=O)NCC3CCCO3)c3nc4ccccc4nc32)cc1. The monoisotopic (exact) mass is 457 g/mol. The van der Waals surface area contributed by atoms with Crippen LogP contribution in [0.4, 0.5) is 11.5 Å². The smallest absolute Gasteiger partial charge is 0.257 e. The number of fused-ring (bicyclic) bond motifs is 2. The first-order chi connectivity index (χ1) is 16.5. The summed E-state index contributed by atoms with van der Waals surface area (Å²) in [5.74, 6) is -0.122. The second-order valence-electron chi connectivity index (χ2n) is 8.53. The van der Waals surface area contributed by atoms with Crippen LogP contribution in [0.3, 0.4) is 0 Å². The molecule has 3 N–H and O–H groups in total. The highest BCUT2D eigenvalue weighted by Gasteiger charge is 2.25. The minimum atomic E-state index is -0.313. The number of benzene rings is 2. The van der Waals surface area contributed by atoms with Crippen LogP contribution < -0.4 is 16.0 Å². The number of hydrogen-bond donors (Lipinski definition) is 2. The van der Waals surface area contributed by atoms with Crippen molar-refractivity contribution < 1.29 is 9.53 Å². The highest BCUT2D eigenvalue weighted by Crippen LogP contribution is 2.28. The Labute approximate surface area is 197 Å². The molecule has 9 heteroatoms. The number of rotatable bonds is 6. The van der Waals surface area contributed by atoms with E-state index in [1.807, 2.05) is 67.5 Å². The van der Waals surface area contributed by atoms with Crippen LogP contribution in [-0.2, 0) is 4.74 Å². The zero-order chi connectivity index (χ0) is 23.7. The number of aromatic nitrogens is 3. The molecule has 3 heterocycles. The van der Waals surface area contributed by atoms with E-state index in [4.69, 9.17) is 20.4 Å². The van der Waals surface area contributed by atoms with Gasteiger partial charge in [0.25, 0.3) is 5.91 Å². The molecule has 1 fully saturated rings. The van der Waals surface area contributed by atoms with Crippen LogP contribution in [0.25, 0.3) is 22.2 Å². The highest BCUT2D eigenvalue weighted by molar-refractivity contribution is 6.10. The fourth-order valence-electron chi connectivity index (χ4n) is 4.07. The van der Waals surface area contributed by atoms with E-state index in [0.717, 1.165) is 30.7 Å². The lowest BCUT2D eigenvalue weighted by Gasteiger charge is -2.11. The van der Waals surface area contributed by atoms with Gasteiger partial charge in [0.05, 0.1) is 23.4 Å². The van der Waals surface area contributed by atoms with Gasteiger partial charge >= 0.3 is 0 Å². The van der Waals surface area contributed by atoms with Gasteiger partial charge in [-0.25, -0.2) is 9.97 Å². The van der Waals surface area contributed by atoms with Gasteiger partial charge in [-0.05, 0) is 42.7 Å². The molecule has 1 aliphatic rings. The van der Waals surface area contributed by atoms with Gasteiger partial charge in [0, 0.05) is 32.9 Å². The Morgan fingerprint density at radius 2 is 1.94 bits per heavy atom. The van der Waals surface area contributed by atoms with Gasteiger partial charge in [0.15, 0.2) is 5.65 Å². The molecule has 0 bridgehead atoms. The molecule has 34 heavy (non-hydrogen) atoms. The first-order valence-corrected chi connectivity index (χ1v) is 11.3. The van der Waals surface area contributed by atoms with Crippen molar-refractivity contribution in [3.8, 4) is 0 Å². The lowest BCUT2D eigenvalue weighted by Crippen LogP contribution is -2.32. The number of anilines is 2. The van der Waals surface area contributed by atoms with Crippen molar-refractivity contribution in [3.63, 3.8) is 0 Å². The van der Waals surface area contributed by atoms with E-state index in [2.05, 4.69) is 10.4 Å². The number of para-hydroxylation sites is 2. The Kier molecular flexibility index (Phi) is 5.85. The molecule has 2 aromatic carbocycles. The van der Waals surface area contributed by atoms with Crippen molar-refractivity contribution in [2.24, 2.45) is 5.10 Å². The van der Waals surface area contributed by atoms with Crippen molar-refractivity contribution in [1.82, 2.24) is 20.0 Å². The van der Waals surface area contributed by atoms with Crippen molar-refractivity contribution in [2.45, 2.75) is 18.9 Å². The van der Waals surface area contributed by atoms with E-state index in [9.17, 15) is 4.79 Å². The molecule has 1 saturated heterocycles. The summed E-state index contributed by atoms with van der Waals surface area (Å²) >= 11 is 0. The summed E-state index contributed by atoms with van der Waals surface area (Å²) < 4.78 is 7.11. The third-order valence-electron chi connectivity index (χ3n) is 5.95. The predicted octanol–water partition coefficient (Wildman–Crippen LogP) is 3.02. The number of nitrogens with zero attached hydrogens (tertiary/aromatic N) is 5. The molecule has 4 aromatic rings. The maximum Gasteiger partial charge on any atom is 0.257 e. The molecular weight excluding hydrogens is 430 g/mol. The Balaban J connectivity index is 1.55. The van der Waals surface area contributed by atoms with Crippen molar-refractivity contribution >= 4 is 45.8 Å². The molecule has 0 spiro atoms. The van der Waals surface area contributed by atoms with Crippen molar-refractivity contribution in [3.05, 3.63) is 59.7 Å². The normalized spacial score (nSPS) is 16.0. The number of ether oxygens (including phenoxy) is 1. The maximum atomic E-state index is 13.2. The van der Waals surface area contributed by atoms with E-state index in [1.54, 1.807) is 6.21 Å². The van der Waals surface area contributed by atoms with Gasteiger partial charge in [-0.1, -0.05) is 24.3 Å². The van der Waals surface area contributed by atoms with E-state index in [1.165, 1.54) is 4.68 Å². The van der Waals surface area contributed by atoms with Gasteiger partial charge in [-0.15, -0.1) is 0 Å². The Morgan fingerprint density at radius 3 is 2.62 bits per heavy atom. The Bertz CT molecular complexity index is 1370. The standard InChI is InChI=1S/C25H27N7O2/c1-31(2)17-11-9-16(10-12-17)14-28-32-23(26)21(25(33)27-15-18-6-5-13-34-18)22-24(32)30-20-8-4-3-7-19(20)29-22/h3-4,7-12,14,18H,5-6,13,15,26H2,1-2H3,(H,27,33)/b28-14+. The maximum absolute atomic E-state index is 13.2. The number of nitrogens with one attached hydrogen (secondary N) is 1. The molecule has 9 nitrogen and oxygen atoms in total. The second kappa shape index (κ2) is 9.11. The van der Waals surface area contributed by atoms with Gasteiger partial charge in [0.2, 0.25) is 0 Å². The number of carbonyl (C=O) groups excluding carboxylic acids is 1. The molecule has 1 aliphatic heterocycles. The summed E-state index contributed by atoms with van der Waals surface area (Å²) in [5, 5.41) is 7.52. The topological polar surface area (TPSA) is 111 Å². The van der Waals surface area contributed by atoms with Gasteiger partial charge in [0.1, 0.15) is 16.9 Å². The average molecular weight is 458 g/mol. The molecule has 1 amide bonds. The summed E-state index contributed by atoms with van der Waals surface area (Å²) in [5.41, 5.74) is 10.9. The van der Waals surface area contributed by atoms with Crippen LogP contribution in [0, 0.1) is 0 Å². The minimum absolute atomic E-state index is 0.0218. The fraction of sp³-hybridized carbons (Fsp3) is 0.280. The van der Waals surface area contributed by atoms with E-state index >= 15 is 0 Å². The first kappa shape index (κ1) is 21.8. The van der Waals surface area contributed by atoms with E-state index in [-0.39, 0.29) is 23.4 Å². The Hall–Kier alpha value is -3.98. The second-order valence-corrected chi connectivity index (χ2v) is 8.53. The number of nitrogen functional groups attached to an aromatic ring is 1. The number of hydrogen-bond acceptors (Lipinski definition) is 7. The van der Waals surface area contributed by atoms with Crippen molar-refractivity contribution in [1.29, 1.82) is 0 Å². The van der Waals surface area contributed by atoms with E-state index < -0.39 is 0 Å². The molecule has 2 aromatic heterocycles. The van der Waals surface area contributed by atoms with Gasteiger partial charge in [-0.3, -0.25) is 4.79 Å². The minimum Gasteiger partial charge on any atom is -0.383 e. The third-order valence-corrected chi connectivity index (χ3v) is 5.95. The molecule has 5 rings (SSSR count). The van der Waals surface area contributed by atoms with Crippen molar-refractivity contribution in [2.75, 3.05) is 37.9 Å². The summed E-state index contributed by atoms with van der Waals surface area (Å²) in [4.78, 5) is 24.6. The summed E-state index contributed by atoms with van der Waals surface area (Å²) in [7, 11) is 3.98. The highest BCUT2D eigenvalue weighted by atomic mass is 16.5. The molecule has 0 saturated carbocycles. The number of carbonyl (C=O) groups is 1. The number of amides is 1. The lowest BCUT2D eigenvalue weighted by molar-refractivity contribution is 0.0859. The van der Waals surface area contributed by atoms with Crippen LogP contribution in [0.1, 0.15) is 28.8 Å². The molecule has 174 valence electrons. The lowest BCUT2D eigenvalue weighted by atomic mass is 10.2. The predicted molar refractivity (Wildman–Crippen MR) is 135 cm³/mol. The van der Waals surface area contributed by atoms with Gasteiger partial charge < -0.3 is 20.7 Å². The summed E-state index contributed by atoms with van der Waals surface area (Å²) in [6, 6.07) is 15.5.